The largest absolute Gasteiger partial charge is 0.273 e. The molecule has 150 valence electrons. The molecule has 0 spiro atoms. The number of anilines is 2. The summed E-state index contributed by atoms with van der Waals surface area (Å²) in [5.74, 6) is -0.740. The Balaban J connectivity index is 2.12. The highest BCUT2D eigenvalue weighted by Gasteiger charge is 2.37. The molecule has 0 saturated carbocycles. The monoisotopic (exact) mass is 422 g/mol. The normalized spacial score (nSPS) is 16.4. The minimum atomic E-state index is -3.87. The third-order valence-electron chi connectivity index (χ3n) is 4.64. The minimum Gasteiger partial charge on any atom is -0.273 e. The van der Waals surface area contributed by atoms with Crippen molar-refractivity contribution in [3.63, 3.8) is 0 Å². The number of aryl methyl sites for hydroxylation is 2. The van der Waals surface area contributed by atoms with Gasteiger partial charge in [-0.25, -0.2) is 21.1 Å². The number of amides is 1. The van der Waals surface area contributed by atoms with Gasteiger partial charge in [0.1, 0.15) is 0 Å². The van der Waals surface area contributed by atoms with E-state index in [0.29, 0.717) is 16.8 Å². The molecule has 28 heavy (non-hydrogen) atoms. The van der Waals surface area contributed by atoms with Crippen LogP contribution < -0.4 is 8.61 Å². The van der Waals surface area contributed by atoms with Crippen molar-refractivity contribution in [3.05, 3.63) is 53.6 Å². The molecule has 1 aliphatic heterocycles. The molecule has 0 radical (unpaired) electrons. The van der Waals surface area contributed by atoms with Crippen molar-refractivity contribution in [1.29, 1.82) is 0 Å². The zero-order valence-electron chi connectivity index (χ0n) is 15.9. The number of para-hydroxylation sites is 1. The van der Waals surface area contributed by atoms with Gasteiger partial charge >= 0.3 is 0 Å². The molecule has 3 rings (SSSR count). The standard InChI is InChI=1S/C19H22N2O5S2/c1-4-20(16-8-6-5-7-9-16)28(25,26)19-14(2)12-17(13-15(19)3)21-18(22)10-11-27(21,23)24/h5-9,12-13H,4,10-11H2,1-3H3. The van der Waals surface area contributed by atoms with Crippen LogP contribution in [0.3, 0.4) is 0 Å². The van der Waals surface area contributed by atoms with Crippen LogP contribution in [-0.2, 0) is 24.8 Å². The Morgan fingerprint density at radius 1 is 1.07 bits per heavy atom. The molecule has 1 amide bonds. The van der Waals surface area contributed by atoms with Crippen LogP contribution in [0, 0.1) is 13.8 Å². The molecule has 0 unspecified atom stereocenters. The van der Waals surface area contributed by atoms with Gasteiger partial charge in [0.15, 0.2) is 0 Å². The molecule has 1 saturated heterocycles. The predicted molar refractivity (Wildman–Crippen MR) is 108 cm³/mol. The summed E-state index contributed by atoms with van der Waals surface area (Å²) in [5.41, 5.74) is 1.50. The van der Waals surface area contributed by atoms with Gasteiger partial charge in [0.05, 0.1) is 22.0 Å². The first kappa shape index (κ1) is 20.3. The van der Waals surface area contributed by atoms with Gasteiger partial charge in [-0.15, -0.1) is 0 Å². The Hall–Kier alpha value is -2.39. The number of rotatable bonds is 5. The van der Waals surface area contributed by atoms with Crippen LogP contribution in [0.1, 0.15) is 24.5 Å². The number of sulfonamides is 2. The van der Waals surface area contributed by atoms with E-state index >= 15 is 0 Å². The predicted octanol–water partition coefficient (Wildman–Crippen LogP) is 2.59. The maximum absolute atomic E-state index is 13.4. The van der Waals surface area contributed by atoms with Gasteiger partial charge in [0.25, 0.3) is 10.0 Å². The van der Waals surface area contributed by atoms with Crippen molar-refractivity contribution in [3.8, 4) is 0 Å². The zero-order valence-corrected chi connectivity index (χ0v) is 17.5. The van der Waals surface area contributed by atoms with Crippen LogP contribution >= 0.6 is 0 Å². The number of carbonyl (C=O) groups is 1. The lowest BCUT2D eigenvalue weighted by Gasteiger charge is -2.26. The Kier molecular flexibility index (Phi) is 5.24. The Morgan fingerprint density at radius 2 is 1.64 bits per heavy atom. The molecule has 2 aromatic rings. The summed E-state index contributed by atoms with van der Waals surface area (Å²) in [5, 5.41) is 0. The molecule has 1 fully saturated rings. The van der Waals surface area contributed by atoms with Crippen molar-refractivity contribution in [2.45, 2.75) is 32.1 Å². The summed E-state index contributed by atoms with van der Waals surface area (Å²) >= 11 is 0. The molecule has 0 aromatic heterocycles. The van der Waals surface area contributed by atoms with E-state index in [1.165, 1.54) is 16.4 Å². The van der Waals surface area contributed by atoms with E-state index in [9.17, 15) is 21.6 Å². The molecule has 1 heterocycles. The van der Waals surface area contributed by atoms with Crippen LogP contribution in [0.15, 0.2) is 47.4 Å². The van der Waals surface area contributed by atoms with Gasteiger partial charge in [-0.3, -0.25) is 9.10 Å². The molecular weight excluding hydrogens is 400 g/mol. The van der Waals surface area contributed by atoms with E-state index in [-0.39, 0.29) is 29.3 Å². The maximum atomic E-state index is 13.4. The fourth-order valence-corrected chi connectivity index (χ4v) is 6.85. The smallest absolute Gasteiger partial charge is 0.264 e. The fourth-order valence-electron chi connectivity index (χ4n) is 3.52. The summed E-state index contributed by atoms with van der Waals surface area (Å²) in [6.45, 7) is 5.20. The number of hydrogen-bond acceptors (Lipinski definition) is 5. The lowest BCUT2D eigenvalue weighted by atomic mass is 10.1. The SMILES string of the molecule is CCN(c1ccccc1)S(=O)(=O)c1c(C)cc(N2C(=O)CCS2(=O)=O)cc1C. The highest BCUT2D eigenvalue weighted by atomic mass is 32.2. The average molecular weight is 423 g/mol. The summed E-state index contributed by atoms with van der Waals surface area (Å²) in [6, 6.07) is 11.7. The van der Waals surface area contributed by atoms with Crippen molar-refractivity contribution in [2.24, 2.45) is 0 Å². The molecular formula is C19H22N2O5S2. The molecule has 7 nitrogen and oxygen atoms in total. The molecule has 0 bridgehead atoms. The Morgan fingerprint density at radius 3 is 2.11 bits per heavy atom. The van der Waals surface area contributed by atoms with Crippen LogP contribution in [0.2, 0.25) is 0 Å². The number of benzene rings is 2. The minimum absolute atomic E-state index is 0.0713. The van der Waals surface area contributed by atoms with E-state index in [1.807, 2.05) is 6.07 Å². The van der Waals surface area contributed by atoms with E-state index in [4.69, 9.17) is 0 Å². The number of carbonyl (C=O) groups excluding carboxylic acids is 1. The lowest BCUT2D eigenvalue weighted by Crippen LogP contribution is -2.32. The third kappa shape index (κ3) is 3.40. The van der Waals surface area contributed by atoms with Crippen molar-refractivity contribution in [1.82, 2.24) is 0 Å². The summed E-state index contributed by atoms with van der Waals surface area (Å²) < 4.78 is 53.2. The molecule has 9 heteroatoms. The quantitative estimate of drug-likeness (QED) is 0.739. The van der Waals surface area contributed by atoms with Crippen molar-refractivity contribution >= 4 is 37.3 Å². The van der Waals surface area contributed by atoms with E-state index in [0.717, 1.165) is 4.31 Å². The van der Waals surface area contributed by atoms with Crippen molar-refractivity contribution in [2.75, 3.05) is 20.9 Å². The van der Waals surface area contributed by atoms with Crippen LogP contribution in [0.5, 0.6) is 0 Å². The highest BCUT2D eigenvalue weighted by Crippen LogP contribution is 2.33. The summed E-state index contributed by atoms with van der Waals surface area (Å²) in [4.78, 5) is 12.2. The Bertz CT molecular complexity index is 1100. The maximum Gasteiger partial charge on any atom is 0.264 e. The van der Waals surface area contributed by atoms with E-state index < -0.39 is 26.0 Å². The van der Waals surface area contributed by atoms with Gasteiger partial charge in [-0.1, -0.05) is 18.2 Å². The van der Waals surface area contributed by atoms with E-state index in [1.54, 1.807) is 45.0 Å². The van der Waals surface area contributed by atoms with Crippen LogP contribution in [0.4, 0.5) is 11.4 Å². The van der Waals surface area contributed by atoms with Gasteiger partial charge in [0, 0.05) is 13.0 Å². The second-order valence-corrected chi connectivity index (χ2v) is 10.4. The molecule has 2 aromatic carbocycles. The first-order valence-electron chi connectivity index (χ1n) is 8.84. The summed E-state index contributed by atoms with van der Waals surface area (Å²) in [6.07, 6.45) is -0.0713. The molecule has 0 atom stereocenters. The first-order chi connectivity index (χ1) is 13.1. The molecule has 1 aliphatic rings. The number of hydrogen-bond donors (Lipinski definition) is 0. The van der Waals surface area contributed by atoms with Crippen molar-refractivity contribution < 1.29 is 21.6 Å². The third-order valence-corrected chi connectivity index (χ3v) is 8.54. The average Bonchev–Trinajstić information content (AvgIpc) is 2.88. The lowest BCUT2D eigenvalue weighted by molar-refractivity contribution is -0.116. The van der Waals surface area contributed by atoms with Gasteiger partial charge < -0.3 is 0 Å². The number of nitrogens with zero attached hydrogens (tertiary/aromatic N) is 2. The molecule has 0 N–H and O–H groups in total. The first-order valence-corrected chi connectivity index (χ1v) is 11.9. The van der Waals surface area contributed by atoms with Gasteiger partial charge in [-0.2, -0.15) is 0 Å². The second-order valence-electron chi connectivity index (χ2n) is 6.64. The zero-order chi connectivity index (χ0) is 20.7. The topological polar surface area (TPSA) is 91.8 Å². The fraction of sp³-hybridized carbons (Fsp3) is 0.316. The van der Waals surface area contributed by atoms with Gasteiger partial charge in [0.2, 0.25) is 15.9 Å². The van der Waals surface area contributed by atoms with Crippen LogP contribution in [-0.4, -0.2) is 35.0 Å². The van der Waals surface area contributed by atoms with Crippen LogP contribution in [0.25, 0.3) is 0 Å². The Labute approximate surface area is 165 Å². The second kappa shape index (κ2) is 7.21. The highest BCUT2D eigenvalue weighted by molar-refractivity contribution is 7.94. The van der Waals surface area contributed by atoms with E-state index in [2.05, 4.69) is 0 Å². The molecule has 0 aliphatic carbocycles. The summed E-state index contributed by atoms with van der Waals surface area (Å²) in [7, 11) is -7.58. The van der Waals surface area contributed by atoms with Gasteiger partial charge in [-0.05, 0) is 56.2 Å².